The predicted molar refractivity (Wildman–Crippen MR) is 74.8 cm³/mol. The van der Waals surface area contributed by atoms with E-state index >= 15 is 0 Å². The van der Waals surface area contributed by atoms with E-state index in [9.17, 15) is 0 Å². The van der Waals surface area contributed by atoms with Gasteiger partial charge in [-0.1, -0.05) is 13.8 Å². The van der Waals surface area contributed by atoms with Gasteiger partial charge in [0.2, 0.25) is 0 Å². The van der Waals surface area contributed by atoms with Gasteiger partial charge in [0, 0.05) is 38.9 Å². The number of likely N-dealkylation sites (N-methyl/N-ethyl adjacent to an activating group) is 1. The van der Waals surface area contributed by atoms with E-state index in [0.717, 1.165) is 25.5 Å². The molecule has 0 amide bonds. The van der Waals surface area contributed by atoms with Crippen molar-refractivity contribution in [1.82, 2.24) is 9.80 Å². The third-order valence-corrected chi connectivity index (χ3v) is 2.75. The van der Waals surface area contributed by atoms with E-state index in [0.29, 0.717) is 11.7 Å². The SMILES string of the molecule is CC.CN=C(/C(N)=C\N)N1CCN(C)CC1C. The minimum absolute atomic E-state index is 0.418. The molecule has 0 bridgehead atoms. The summed E-state index contributed by atoms with van der Waals surface area (Å²) in [5.74, 6) is 0.804. The van der Waals surface area contributed by atoms with Crippen molar-refractivity contribution in [2.75, 3.05) is 33.7 Å². The van der Waals surface area contributed by atoms with Crippen molar-refractivity contribution in [3.05, 3.63) is 11.9 Å². The molecule has 1 aliphatic heterocycles. The number of nitrogens with zero attached hydrogens (tertiary/aromatic N) is 3. The maximum absolute atomic E-state index is 5.81. The van der Waals surface area contributed by atoms with Crippen molar-refractivity contribution in [2.24, 2.45) is 16.5 Å². The molecule has 1 atom stereocenters. The summed E-state index contributed by atoms with van der Waals surface area (Å²) in [6.45, 7) is 9.17. The molecule has 1 fully saturated rings. The van der Waals surface area contributed by atoms with Crippen LogP contribution in [0, 0.1) is 0 Å². The summed E-state index contributed by atoms with van der Waals surface area (Å²) in [4.78, 5) is 8.72. The molecule has 1 unspecified atom stereocenters. The van der Waals surface area contributed by atoms with Gasteiger partial charge in [-0.2, -0.15) is 0 Å². The normalized spacial score (nSPS) is 23.1. The van der Waals surface area contributed by atoms with Gasteiger partial charge in [-0.3, -0.25) is 4.99 Å². The number of amidine groups is 1. The Hall–Kier alpha value is -1.23. The number of nitrogens with two attached hydrogens (primary N) is 2. The molecule has 0 radical (unpaired) electrons. The van der Waals surface area contributed by atoms with Crippen molar-refractivity contribution >= 4 is 5.84 Å². The maximum atomic E-state index is 5.81. The fourth-order valence-electron chi connectivity index (χ4n) is 1.95. The lowest BCUT2D eigenvalue weighted by atomic mass is 10.2. The Morgan fingerprint density at radius 2 is 1.94 bits per heavy atom. The monoisotopic (exact) mass is 241 g/mol. The highest BCUT2D eigenvalue weighted by Gasteiger charge is 2.24. The molecule has 1 heterocycles. The van der Waals surface area contributed by atoms with Gasteiger partial charge in [-0.25, -0.2) is 0 Å². The molecule has 0 aromatic carbocycles. The highest BCUT2D eigenvalue weighted by atomic mass is 15.3. The number of piperazine rings is 1. The van der Waals surface area contributed by atoms with E-state index in [1.165, 1.54) is 6.20 Å². The van der Waals surface area contributed by atoms with Gasteiger partial charge in [0.1, 0.15) is 5.84 Å². The molecule has 0 aromatic heterocycles. The Morgan fingerprint density at radius 3 is 2.35 bits per heavy atom. The Kier molecular flexibility index (Phi) is 7.37. The molecule has 1 saturated heterocycles. The Balaban J connectivity index is 0.00000121. The standard InChI is InChI=1S/C10H21N5.C2H6/c1-8-7-14(3)4-5-15(8)10(13-2)9(12)6-11;1-2/h6,8H,4-5,7,11-12H2,1-3H3;1-2H3/b9-6+,13-10?;. The first-order chi connectivity index (χ1) is 8.10. The summed E-state index contributed by atoms with van der Waals surface area (Å²) < 4.78 is 0. The van der Waals surface area contributed by atoms with Crippen LogP contribution in [0.5, 0.6) is 0 Å². The molecule has 0 saturated carbocycles. The van der Waals surface area contributed by atoms with Gasteiger partial charge >= 0.3 is 0 Å². The lowest BCUT2D eigenvalue weighted by Crippen LogP contribution is -2.53. The Bertz CT molecular complexity index is 272. The zero-order valence-electron chi connectivity index (χ0n) is 11.8. The summed E-state index contributed by atoms with van der Waals surface area (Å²) in [5.41, 5.74) is 11.8. The highest BCUT2D eigenvalue weighted by molar-refractivity contribution is 5.97. The van der Waals surface area contributed by atoms with E-state index in [2.05, 4.69) is 28.8 Å². The van der Waals surface area contributed by atoms with Gasteiger partial charge in [0.25, 0.3) is 0 Å². The van der Waals surface area contributed by atoms with Gasteiger partial charge in [0.15, 0.2) is 0 Å². The zero-order chi connectivity index (χ0) is 13.4. The van der Waals surface area contributed by atoms with Crippen LogP contribution in [0.15, 0.2) is 16.9 Å². The molecule has 5 heteroatoms. The fraction of sp³-hybridized carbons (Fsp3) is 0.750. The van der Waals surface area contributed by atoms with Gasteiger partial charge < -0.3 is 21.3 Å². The average molecular weight is 241 g/mol. The van der Waals surface area contributed by atoms with Crippen molar-refractivity contribution in [1.29, 1.82) is 0 Å². The number of aliphatic imine (C=N–C) groups is 1. The Labute approximate surface area is 105 Å². The minimum Gasteiger partial charge on any atom is -0.403 e. The summed E-state index contributed by atoms with van der Waals surface area (Å²) >= 11 is 0. The molecule has 0 spiro atoms. The third-order valence-electron chi connectivity index (χ3n) is 2.75. The number of hydrogen-bond donors (Lipinski definition) is 2. The van der Waals surface area contributed by atoms with Crippen LogP contribution >= 0.6 is 0 Å². The first-order valence-electron chi connectivity index (χ1n) is 6.19. The second-order valence-corrected chi connectivity index (χ2v) is 3.97. The maximum Gasteiger partial charge on any atom is 0.148 e. The fourth-order valence-corrected chi connectivity index (χ4v) is 1.95. The predicted octanol–water partition coefficient (Wildman–Crippen LogP) is 0.436. The van der Waals surface area contributed by atoms with E-state index in [1.807, 2.05) is 13.8 Å². The van der Waals surface area contributed by atoms with Crippen LogP contribution in [-0.4, -0.2) is 55.4 Å². The van der Waals surface area contributed by atoms with E-state index < -0.39 is 0 Å². The zero-order valence-corrected chi connectivity index (χ0v) is 11.8. The first-order valence-corrected chi connectivity index (χ1v) is 6.19. The second-order valence-electron chi connectivity index (χ2n) is 3.97. The molecule has 5 nitrogen and oxygen atoms in total. The summed E-state index contributed by atoms with van der Waals surface area (Å²) in [5, 5.41) is 0. The molecule has 4 N–H and O–H groups in total. The summed E-state index contributed by atoms with van der Waals surface area (Å²) in [6, 6.07) is 0.418. The second kappa shape index (κ2) is 7.95. The van der Waals surface area contributed by atoms with E-state index in [-0.39, 0.29) is 0 Å². The van der Waals surface area contributed by atoms with Crippen LogP contribution in [0.2, 0.25) is 0 Å². The number of rotatable bonds is 1. The van der Waals surface area contributed by atoms with Crippen molar-refractivity contribution < 1.29 is 0 Å². The molecule has 17 heavy (non-hydrogen) atoms. The van der Waals surface area contributed by atoms with E-state index in [4.69, 9.17) is 11.5 Å². The summed E-state index contributed by atoms with van der Waals surface area (Å²) in [6.07, 6.45) is 1.41. The molecule has 1 aliphatic rings. The van der Waals surface area contributed by atoms with Crippen LogP contribution in [0.25, 0.3) is 0 Å². The third kappa shape index (κ3) is 4.26. The lowest BCUT2D eigenvalue weighted by Gasteiger charge is -2.40. The molecular weight excluding hydrogens is 214 g/mol. The first kappa shape index (κ1) is 15.8. The van der Waals surface area contributed by atoms with Crippen molar-refractivity contribution in [3.63, 3.8) is 0 Å². The smallest absolute Gasteiger partial charge is 0.148 e. The quantitative estimate of drug-likeness (QED) is 0.516. The van der Waals surface area contributed by atoms with Gasteiger partial charge in [0.05, 0.1) is 5.70 Å². The number of hydrogen-bond acceptors (Lipinski definition) is 4. The average Bonchev–Trinajstić information content (AvgIpc) is 2.34. The molecule has 0 aromatic rings. The highest BCUT2D eigenvalue weighted by Crippen LogP contribution is 2.10. The van der Waals surface area contributed by atoms with Gasteiger partial charge in [-0.15, -0.1) is 0 Å². The Morgan fingerprint density at radius 1 is 1.35 bits per heavy atom. The van der Waals surface area contributed by atoms with Crippen LogP contribution in [0.3, 0.4) is 0 Å². The van der Waals surface area contributed by atoms with E-state index in [1.54, 1.807) is 7.05 Å². The van der Waals surface area contributed by atoms with Crippen molar-refractivity contribution in [2.45, 2.75) is 26.8 Å². The summed E-state index contributed by atoms with van der Waals surface area (Å²) in [7, 11) is 3.87. The topological polar surface area (TPSA) is 70.9 Å². The van der Waals surface area contributed by atoms with Crippen LogP contribution in [-0.2, 0) is 0 Å². The molecular formula is C12H27N5. The van der Waals surface area contributed by atoms with Crippen LogP contribution in [0.1, 0.15) is 20.8 Å². The molecule has 100 valence electrons. The molecule has 1 rings (SSSR count). The van der Waals surface area contributed by atoms with Crippen LogP contribution < -0.4 is 11.5 Å². The minimum atomic E-state index is 0.418. The van der Waals surface area contributed by atoms with Crippen molar-refractivity contribution in [3.8, 4) is 0 Å². The largest absolute Gasteiger partial charge is 0.403 e. The lowest BCUT2D eigenvalue weighted by molar-refractivity contribution is 0.161. The van der Waals surface area contributed by atoms with Crippen LogP contribution in [0.4, 0.5) is 0 Å². The molecule has 0 aliphatic carbocycles. The van der Waals surface area contributed by atoms with Gasteiger partial charge in [-0.05, 0) is 14.0 Å².